The van der Waals surface area contributed by atoms with E-state index in [1.165, 1.54) is 12.1 Å². The maximum atomic E-state index is 15.0. The van der Waals surface area contributed by atoms with E-state index in [0.29, 0.717) is 37.7 Å². The van der Waals surface area contributed by atoms with Crippen LogP contribution in [0.1, 0.15) is 62.8 Å². The van der Waals surface area contributed by atoms with Gasteiger partial charge in [0.1, 0.15) is 11.9 Å². The van der Waals surface area contributed by atoms with Crippen LogP contribution in [0.4, 0.5) is 30.7 Å². The molecule has 0 N–H and O–H groups in total. The van der Waals surface area contributed by atoms with Crippen molar-refractivity contribution < 1.29 is 44.9 Å². The van der Waals surface area contributed by atoms with Crippen LogP contribution in [0, 0.1) is 23.4 Å². The van der Waals surface area contributed by atoms with Crippen LogP contribution in [0.15, 0.2) is 55.3 Å². The van der Waals surface area contributed by atoms with Crippen molar-refractivity contribution in [3.05, 3.63) is 78.3 Å². The summed E-state index contributed by atoms with van der Waals surface area (Å²) in [5.74, 6) is -4.14. The Morgan fingerprint density at radius 1 is 0.950 bits per heavy atom. The molecule has 0 amide bonds. The molecule has 2 fully saturated rings. The highest BCUT2D eigenvalue weighted by atomic mass is 19.3. The Labute approximate surface area is 228 Å². The second-order valence-corrected chi connectivity index (χ2v) is 10.3. The highest BCUT2D eigenvalue weighted by Gasteiger charge is 2.46. The zero-order chi connectivity index (χ0) is 28.9. The first-order chi connectivity index (χ1) is 19.1. The molecule has 1 saturated heterocycles. The van der Waals surface area contributed by atoms with Crippen LogP contribution >= 0.6 is 0 Å². The summed E-state index contributed by atoms with van der Waals surface area (Å²) < 4.78 is 112. The second kappa shape index (κ2) is 13.2. The average molecular weight is 573 g/mol. The van der Waals surface area contributed by atoms with Crippen LogP contribution in [0.25, 0.3) is 11.1 Å². The number of alkyl halides is 2. The molecule has 40 heavy (non-hydrogen) atoms. The van der Waals surface area contributed by atoms with Gasteiger partial charge < -0.3 is 14.2 Å². The number of halogens is 7. The van der Waals surface area contributed by atoms with Crippen LogP contribution in [0.5, 0.6) is 5.75 Å². The molecule has 3 nitrogen and oxygen atoms in total. The monoisotopic (exact) mass is 572 g/mol. The van der Waals surface area contributed by atoms with Crippen LogP contribution in [0.3, 0.4) is 0 Å². The van der Waals surface area contributed by atoms with Gasteiger partial charge in [-0.05, 0) is 92.5 Å². The number of hydrogen-bond acceptors (Lipinski definition) is 3. The highest BCUT2D eigenvalue weighted by Crippen LogP contribution is 2.40. The first-order valence-electron chi connectivity index (χ1n) is 13.3. The second-order valence-electron chi connectivity index (χ2n) is 10.3. The predicted octanol–water partition coefficient (Wildman–Crippen LogP) is 9.28. The van der Waals surface area contributed by atoms with E-state index in [0.717, 1.165) is 25.0 Å². The van der Waals surface area contributed by atoms with Gasteiger partial charge in [-0.25, -0.2) is 13.2 Å². The fourth-order valence-corrected chi connectivity index (χ4v) is 5.42. The fourth-order valence-electron chi connectivity index (χ4n) is 5.42. The van der Waals surface area contributed by atoms with Gasteiger partial charge in [-0.2, -0.15) is 17.6 Å². The molecule has 2 aromatic rings. The van der Waals surface area contributed by atoms with Crippen molar-refractivity contribution in [2.24, 2.45) is 5.92 Å². The van der Waals surface area contributed by atoms with Crippen molar-refractivity contribution in [1.82, 2.24) is 0 Å². The summed E-state index contributed by atoms with van der Waals surface area (Å²) in [6, 6.07) is 5.84. The van der Waals surface area contributed by atoms with Crippen molar-refractivity contribution in [2.45, 2.75) is 75.6 Å². The van der Waals surface area contributed by atoms with E-state index in [9.17, 15) is 30.7 Å². The Balaban J connectivity index is 1.33. The zero-order valence-electron chi connectivity index (χ0n) is 21.8. The molecule has 2 aliphatic rings. The van der Waals surface area contributed by atoms with Gasteiger partial charge in [0, 0.05) is 5.56 Å². The van der Waals surface area contributed by atoms with Crippen molar-refractivity contribution in [1.29, 1.82) is 0 Å². The summed E-state index contributed by atoms with van der Waals surface area (Å²) in [5, 5.41) is 0. The van der Waals surface area contributed by atoms with Crippen molar-refractivity contribution in [2.75, 3.05) is 6.61 Å². The first-order valence-corrected chi connectivity index (χ1v) is 13.3. The van der Waals surface area contributed by atoms with E-state index >= 15 is 0 Å². The van der Waals surface area contributed by atoms with Gasteiger partial charge in [0.25, 0.3) is 0 Å². The Kier molecular flexibility index (Phi) is 9.94. The SMILES string of the molecule is C=CCCC1CCC(C(F)(F)OC2CCC(c3ccc(-c4cc(F)c(OC=C(F)F)c(F)c4)c(F)c3)CC2)OC1. The molecule has 1 heterocycles. The van der Waals surface area contributed by atoms with Gasteiger partial charge >= 0.3 is 12.2 Å². The van der Waals surface area contributed by atoms with Gasteiger partial charge in [-0.1, -0.05) is 18.2 Å². The molecular formula is C30H31F7O3. The van der Waals surface area contributed by atoms with Crippen LogP contribution in [-0.4, -0.2) is 24.9 Å². The zero-order valence-corrected chi connectivity index (χ0v) is 21.8. The minimum Gasteiger partial charge on any atom is -0.453 e. The van der Waals surface area contributed by atoms with E-state index < -0.39 is 47.6 Å². The molecule has 10 heteroatoms. The van der Waals surface area contributed by atoms with E-state index in [2.05, 4.69) is 11.3 Å². The lowest BCUT2D eigenvalue weighted by molar-refractivity contribution is -0.326. The number of allylic oxidation sites excluding steroid dienone is 1. The van der Waals surface area contributed by atoms with Gasteiger partial charge in [-0.15, -0.1) is 6.58 Å². The van der Waals surface area contributed by atoms with Gasteiger partial charge in [0.15, 0.2) is 23.6 Å². The van der Waals surface area contributed by atoms with E-state index in [1.54, 1.807) is 12.1 Å². The Morgan fingerprint density at radius 3 is 2.23 bits per heavy atom. The van der Waals surface area contributed by atoms with E-state index in [-0.39, 0.29) is 42.3 Å². The number of hydrogen-bond donors (Lipinski definition) is 0. The topological polar surface area (TPSA) is 27.7 Å². The lowest BCUT2D eigenvalue weighted by Gasteiger charge is -2.37. The van der Waals surface area contributed by atoms with Crippen LogP contribution in [0.2, 0.25) is 0 Å². The maximum Gasteiger partial charge on any atom is 0.382 e. The number of ether oxygens (including phenoxy) is 3. The van der Waals surface area contributed by atoms with E-state index in [1.807, 2.05) is 0 Å². The quantitative estimate of drug-likeness (QED) is 0.161. The van der Waals surface area contributed by atoms with E-state index in [4.69, 9.17) is 9.47 Å². The molecule has 2 atom stereocenters. The molecule has 0 bridgehead atoms. The summed E-state index contributed by atoms with van der Waals surface area (Å²) in [6.07, 6.45) is -1.57. The third kappa shape index (κ3) is 7.46. The number of benzene rings is 2. The lowest BCUT2D eigenvalue weighted by Crippen LogP contribution is -2.45. The summed E-state index contributed by atoms with van der Waals surface area (Å²) in [6.45, 7) is 3.96. The minimum absolute atomic E-state index is 0.0869. The molecule has 2 aromatic carbocycles. The smallest absolute Gasteiger partial charge is 0.382 e. The maximum absolute atomic E-state index is 15.0. The Hall–Kier alpha value is -2.85. The van der Waals surface area contributed by atoms with Gasteiger partial charge in [0.2, 0.25) is 0 Å². The Bertz CT molecular complexity index is 1170. The largest absolute Gasteiger partial charge is 0.453 e. The molecule has 0 spiro atoms. The molecular weight excluding hydrogens is 541 g/mol. The molecule has 1 aliphatic heterocycles. The van der Waals surface area contributed by atoms with Crippen molar-refractivity contribution >= 4 is 0 Å². The summed E-state index contributed by atoms with van der Waals surface area (Å²) in [4.78, 5) is 0. The molecule has 218 valence electrons. The van der Waals surface area contributed by atoms with Gasteiger partial charge in [0.05, 0.1) is 12.7 Å². The molecule has 2 unspecified atom stereocenters. The standard InChI is InChI=1S/C30H31F7O3/c1-2-3-4-18-5-12-27(38-16-18)30(36,37)40-22-9-6-19(7-10-22)20-8-11-23(24(31)13-20)21-14-25(32)29(26(33)15-21)39-17-28(34)35/h2,8,11,13-15,17-19,22,27H,1,3-7,9-10,12,16H2. The molecule has 0 aromatic heterocycles. The Morgan fingerprint density at radius 2 is 1.65 bits per heavy atom. The molecule has 4 rings (SSSR count). The van der Waals surface area contributed by atoms with Gasteiger partial charge in [-0.3, -0.25) is 0 Å². The third-order valence-electron chi connectivity index (χ3n) is 7.56. The fraction of sp³-hybridized carbons (Fsp3) is 0.467. The van der Waals surface area contributed by atoms with Crippen molar-refractivity contribution in [3.8, 4) is 16.9 Å². The first kappa shape index (κ1) is 30.1. The summed E-state index contributed by atoms with van der Waals surface area (Å²) in [5.41, 5.74) is 0.417. The van der Waals surface area contributed by atoms with Crippen molar-refractivity contribution in [3.63, 3.8) is 0 Å². The molecule has 0 radical (unpaired) electrons. The minimum atomic E-state index is -3.39. The van der Waals surface area contributed by atoms with Crippen LogP contribution in [-0.2, 0) is 9.47 Å². The third-order valence-corrected chi connectivity index (χ3v) is 7.56. The molecule has 1 aliphatic carbocycles. The van der Waals surface area contributed by atoms with Crippen LogP contribution < -0.4 is 4.74 Å². The normalized spacial score (nSPS) is 23.5. The number of rotatable bonds is 10. The summed E-state index contributed by atoms with van der Waals surface area (Å²) >= 11 is 0. The summed E-state index contributed by atoms with van der Waals surface area (Å²) in [7, 11) is 0. The lowest BCUT2D eigenvalue weighted by atomic mass is 9.82. The highest BCUT2D eigenvalue weighted by molar-refractivity contribution is 5.66. The molecule has 1 saturated carbocycles. The average Bonchev–Trinajstić information content (AvgIpc) is 2.91. The predicted molar refractivity (Wildman–Crippen MR) is 136 cm³/mol.